The lowest BCUT2D eigenvalue weighted by Crippen LogP contribution is -2.12. The Morgan fingerprint density at radius 2 is 1.11 bits per heavy atom. The number of aromatic hydroxyl groups is 2. The average molecular weight is 637 g/mol. The van der Waals surface area contributed by atoms with Gasteiger partial charge in [0.2, 0.25) is 0 Å². The Morgan fingerprint density at radius 1 is 0.609 bits per heavy atom. The van der Waals surface area contributed by atoms with Crippen molar-refractivity contribution in [2.24, 2.45) is 0 Å². The summed E-state index contributed by atoms with van der Waals surface area (Å²) in [4.78, 5) is 38.5. The van der Waals surface area contributed by atoms with Gasteiger partial charge in [0, 0.05) is 30.5 Å². The molecule has 0 amide bonds. The molecule has 0 spiro atoms. The predicted molar refractivity (Wildman–Crippen MR) is 185 cm³/mol. The Bertz CT molecular complexity index is 1220. The second-order valence-electron chi connectivity index (χ2n) is 12.2. The number of allylic oxidation sites excluding steroid dienone is 1. The van der Waals surface area contributed by atoms with E-state index < -0.39 is 11.8 Å². The summed E-state index contributed by atoms with van der Waals surface area (Å²) in [5, 5.41) is 19.6. The SMILES string of the molecule is CCCCCCCCCCCC(=O)Oc1ccc(C(=O)C=Cc2ccc(O)cc2O)c(OC(=O)CCCCCCCCCCC)c1. The van der Waals surface area contributed by atoms with Crippen LogP contribution in [0.1, 0.15) is 158 Å². The van der Waals surface area contributed by atoms with Gasteiger partial charge in [0.15, 0.2) is 5.78 Å². The highest BCUT2D eigenvalue weighted by molar-refractivity contribution is 6.09. The molecule has 0 heterocycles. The molecule has 46 heavy (non-hydrogen) atoms. The molecule has 0 aliphatic rings. The molecule has 2 rings (SSSR count). The van der Waals surface area contributed by atoms with Crippen LogP contribution in [0.15, 0.2) is 42.5 Å². The van der Waals surface area contributed by atoms with Crippen molar-refractivity contribution < 1.29 is 34.1 Å². The van der Waals surface area contributed by atoms with Crippen molar-refractivity contribution in [1.82, 2.24) is 0 Å². The standard InChI is InChI=1S/C39H56O7/c1-3-5-7-9-11-13-15-17-19-21-38(43)45-33-26-27-34(35(41)28-24-31-23-25-32(40)29-36(31)42)37(30-33)46-39(44)22-20-18-16-14-12-10-8-6-4-2/h23-30,40,42H,3-22H2,1-2H3. The van der Waals surface area contributed by atoms with E-state index in [2.05, 4.69) is 13.8 Å². The molecule has 0 aliphatic heterocycles. The van der Waals surface area contributed by atoms with Gasteiger partial charge >= 0.3 is 11.9 Å². The molecule has 2 aromatic rings. The highest BCUT2D eigenvalue weighted by Gasteiger charge is 2.17. The summed E-state index contributed by atoms with van der Waals surface area (Å²) in [6.07, 6.45) is 23.7. The largest absolute Gasteiger partial charge is 0.508 e. The topological polar surface area (TPSA) is 110 Å². The summed E-state index contributed by atoms with van der Waals surface area (Å²) in [6.45, 7) is 4.42. The summed E-state index contributed by atoms with van der Waals surface area (Å²) in [6, 6.07) is 8.48. The minimum Gasteiger partial charge on any atom is -0.508 e. The van der Waals surface area contributed by atoms with Crippen LogP contribution >= 0.6 is 0 Å². The monoisotopic (exact) mass is 636 g/mol. The summed E-state index contributed by atoms with van der Waals surface area (Å²) < 4.78 is 11.2. The van der Waals surface area contributed by atoms with Gasteiger partial charge < -0.3 is 19.7 Å². The summed E-state index contributed by atoms with van der Waals surface area (Å²) >= 11 is 0. The molecule has 0 unspecified atom stereocenters. The summed E-state index contributed by atoms with van der Waals surface area (Å²) in [5.74, 6) is -1.30. The number of carbonyl (C=O) groups is 3. The fraction of sp³-hybridized carbons (Fsp3) is 0.564. The van der Waals surface area contributed by atoms with Gasteiger partial charge in [-0.05, 0) is 49.3 Å². The van der Waals surface area contributed by atoms with Gasteiger partial charge in [-0.25, -0.2) is 0 Å². The van der Waals surface area contributed by atoms with Gasteiger partial charge in [0.05, 0.1) is 5.56 Å². The first-order valence-electron chi connectivity index (χ1n) is 17.6. The van der Waals surface area contributed by atoms with Gasteiger partial charge in [0.1, 0.15) is 23.0 Å². The Kier molecular flexibility index (Phi) is 19.9. The van der Waals surface area contributed by atoms with Gasteiger partial charge in [-0.1, -0.05) is 117 Å². The van der Waals surface area contributed by atoms with E-state index in [1.807, 2.05) is 0 Å². The third-order valence-electron chi connectivity index (χ3n) is 8.07. The highest BCUT2D eigenvalue weighted by atomic mass is 16.5. The van der Waals surface area contributed by atoms with Gasteiger partial charge in [-0.3, -0.25) is 14.4 Å². The second kappa shape index (κ2) is 23.7. The van der Waals surface area contributed by atoms with Crippen molar-refractivity contribution in [3.8, 4) is 23.0 Å². The molecule has 0 aliphatic carbocycles. The molecule has 0 bridgehead atoms. The molecule has 0 atom stereocenters. The van der Waals surface area contributed by atoms with E-state index in [1.54, 1.807) is 0 Å². The smallest absolute Gasteiger partial charge is 0.311 e. The number of carbonyl (C=O) groups excluding carboxylic acids is 3. The molecule has 7 heteroatoms. The fourth-order valence-corrected chi connectivity index (χ4v) is 5.30. The van der Waals surface area contributed by atoms with Gasteiger partial charge in [-0.15, -0.1) is 0 Å². The Hall–Kier alpha value is -3.61. The fourth-order valence-electron chi connectivity index (χ4n) is 5.30. The maximum atomic E-state index is 13.1. The van der Waals surface area contributed by atoms with Crippen LogP contribution in [-0.2, 0) is 9.59 Å². The van der Waals surface area contributed by atoms with Crippen molar-refractivity contribution in [2.75, 3.05) is 0 Å². The predicted octanol–water partition coefficient (Wildman–Crippen LogP) is 10.6. The molecule has 2 aromatic carbocycles. The Morgan fingerprint density at radius 3 is 1.63 bits per heavy atom. The number of unbranched alkanes of at least 4 members (excludes halogenated alkanes) is 16. The molecule has 0 fully saturated rings. The van der Waals surface area contributed by atoms with E-state index in [0.29, 0.717) is 18.4 Å². The maximum Gasteiger partial charge on any atom is 0.311 e. The van der Waals surface area contributed by atoms with Crippen LogP contribution in [0.4, 0.5) is 0 Å². The van der Waals surface area contributed by atoms with Gasteiger partial charge in [0.25, 0.3) is 0 Å². The first-order chi connectivity index (χ1) is 22.3. The van der Waals surface area contributed by atoms with E-state index in [9.17, 15) is 24.6 Å². The van der Waals surface area contributed by atoms with Crippen LogP contribution in [0.2, 0.25) is 0 Å². The molecule has 7 nitrogen and oxygen atoms in total. The number of rotatable bonds is 25. The van der Waals surface area contributed by atoms with Crippen molar-refractivity contribution in [3.63, 3.8) is 0 Å². The molecule has 0 radical (unpaired) electrons. The normalized spacial score (nSPS) is 11.2. The van der Waals surface area contributed by atoms with Crippen LogP contribution < -0.4 is 9.47 Å². The number of benzene rings is 2. The minimum atomic E-state index is -0.453. The van der Waals surface area contributed by atoms with Crippen LogP contribution in [0, 0.1) is 0 Å². The van der Waals surface area contributed by atoms with E-state index in [-0.39, 0.29) is 41.0 Å². The van der Waals surface area contributed by atoms with Crippen LogP contribution in [0.25, 0.3) is 6.08 Å². The lowest BCUT2D eigenvalue weighted by Gasteiger charge is -2.11. The first kappa shape index (κ1) is 38.6. The number of hydrogen-bond acceptors (Lipinski definition) is 7. The Labute approximate surface area is 276 Å². The zero-order valence-corrected chi connectivity index (χ0v) is 28.2. The van der Waals surface area contributed by atoms with Crippen molar-refractivity contribution in [1.29, 1.82) is 0 Å². The van der Waals surface area contributed by atoms with E-state index in [1.165, 1.54) is 119 Å². The van der Waals surface area contributed by atoms with Gasteiger partial charge in [-0.2, -0.15) is 0 Å². The molecule has 254 valence electrons. The quantitative estimate of drug-likeness (QED) is 0.0367. The third kappa shape index (κ3) is 16.6. The molecule has 0 saturated heterocycles. The Balaban J connectivity index is 1.96. The number of phenolic OH excluding ortho intramolecular Hbond substituents is 2. The number of ether oxygens (including phenoxy) is 2. The number of esters is 2. The van der Waals surface area contributed by atoms with Crippen molar-refractivity contribution in [3.05, 3.63) is 53.6 Å². The lowest BCUT2D eigenvalue weighted by molar-refractivity contribution is -0.135. The minimum absolute atomic E-state index is 0.0267. The van der Waals surface area contributed by atoms with E-state index in [4.69, 9.17) is 9.47 Å². The zero-order chi connectivity index (χ0) is 33.4. The molecule has 2 N–H and O–H groups in total. The third-order valence-corrected chi connectivity index (χ3v) is 8.07. The van der Waals surface area contributed by atoms with Crippen LogP contribution in [0.5, 0.6) is 23.0 Å². The van der Waals surface area contributed by atoms with Crippen molar-refractivity contribution >= 4 is 23.8 Å². The molecular formula is C39H56O7. The molecule has 0 saturated carbocycles. The van der Waals surface area contributed by atoms with Crippen molar-refractivity contribution in [2.45, 2.75) is 142 Å². The maximum absolute atomic E-state index is 13.1. The summed E-state index contributed by atoms with van der Waals surface area (Å²) in [7, 11) is 0. The number of ketones is 1. The first-order valence-corrected chi connectivity index (χ1v) is 17.6. The van der Waals surface area contributed by atoms with E-state index >= 15 is 0 Å². The van der Waals surface area contributed by atoms with Crippen LogP contribution in [-0.4, -0.2) is 27.9 Å². The zero-order valence-electron chi connectivity index (χ0n) is 28.2. The number of hydrogen-bond donors (Lipinski definition) is 2. The summed E-state index contributed by atoms with van der Waals surface area (Å²) in [5.41, 5.74) is 0.478. The molecular weight excluding hydrogens is 580 g/mol. The average Bonchev–Trinajstić information content (AvgIpc) is 3.03. The second-order valence-corrected chi connectivity index (χ2v) is 12.2. The van der Waals surface area contributed by atoms with Crippen LogP contribution in [0.3, 0.4) is 0 Å². The highest BCUT2D eigenvalue weighted by Crippen LogP contribution is 2.29. The lowest BCUT2D eigenvalue weighted by atomic mass is 10.1. The number of phenols is 2. The van der Waals surface area contributed by atoms with E-state index in [0.717, 1.165) is 38.5 Å². The molecule has 0 aromatic heterocycles.